The summed E-state index contributed by atoms with van der Waals surface area (Å²) in [4.78, 5) is 11.4. The standard InChI is InChI=1S/C10H16O2/c1-7-9(3-6-12-7)10(4-5-10)8(2)11/h7,9H,3-6H2,1-2H3. The normalized spacial score (nSPS) is 38.2. The maximum Gasteiger partial charge on any atom is 0.136 e. The van der Waals surface area contributed by atoms with Crippen LogP contribution in [0.3, 0.4) is 0 Å². The zero-order valence-corrected chi connectivity index (χ0v) is 7.80. The lowest BCUT2D eigenvalue weighted by atomic mass is 9.81. The summed E-state index contributed by atoms with van der Waals surface area (Å²) in [5.74, 6) is 0.889. The first-order valence-corrected chi connectivity index (χ1v) is 4.79. The lowest BCUT2D eigenvalue weighted by Crippen LogP contribution is -2.28. The highest BCUT2D eigenvalue weighted by Gasteiger charge is 2.56. The molecular weight excluding hydrogens is 152 g/mol. The number of Topliss-reactive ketones (excluding diaryl/α,β-unsaturated/α-hetero) is 1. The highest BCUT2D eigenvalue weighted by molar-refractivity contribution is 5.85. The van der Waals surface area contributed by atoms with Gasteiger partial charge in [-0.15, -0.1) is 0 Å². The van der Waals surface area contributed by atoms with Gasteiger partial charge in [-0.05, 0) is 39.0 Å². The van der Waals surface area contributed by atoms with E-state index < -0.39 is 0 Å². The van der Waals surface area contributed by atoms with Crippen LogP contribution in [0.5, 0.6) is 0 Å². The Morgan fingerprint density at radius 2 is 2.17 bits per heavy atom. The van der Waals surface area contributed by atoms with Gasteiger partial charge in [0.25, 0.3) is 0 Å². The Kier molecular flexibility index (Phi) is 1.76. The molecule has 0 N–H and O–H groups in total. The van der Waals surface area contributed by atoms with E-state index in [9.17, 15) is 4.79 Å². The number of hydrogen-bond acceptors (Lipinski definition) is 2. The lowest BCUT2D eigenvalue weighted by molar-refractivity contribution is -0.124. The molecule has 2 aliphatic rings. The minimum absolute atomic E-state index is 0.0376. The van der Waals surface area contributed by atoms with E-state index in [0.717, 1.165) is 25.9 Å². The number of ketones is 1. The topological polar surface area (TPSA) is 26.3 Å². The zero-order chi connectivity index (χ0) is 8.77. The van der Waals surface area contributed by atoms with Gasteiger partial charge in [0, 0.05) is 12.0 Å². The number of hydrogen-bond donors (Lipinski definition) is 0. The summed E-state index contributed by atoms with van der Waals surface area (Å²) < 4.78 is 5.49. The molecular formula is C10H16O2. The van der Waals surface area contributed by atoms with E-state index in [1.54, 1.807) is 6.92 Å². The smallest absolute Gasteiger partial charge is 0.136 e. The molecule has 2 unspecified atom stereocenters. The fraction of sp³-hybridized carbons (Fsp3) is 0.900. The van der Waals surface area contributed by atoms with Gasteiger partial charge >= 0.3 is 0 Å². The monoisotopic (exact) mass is 168 g/mol. The molecule has 0 aromatic heterocycles. The molecule has 1 saturated heterocycles. The van der Waals surface area contributed by atoms with Crippen molar-refractivity contribution in [2.75, 3.05) is 6.61 Å². The molecule has 1 saturated carbocycles. The van der Waals surface area contributed by atoms with E-state index in [1.807, 2.05) is 0 Å². The zero-order valence-electron chi connectivity index (χ0n) is 7.80. The third kappa shape index (κ3) is 1.01. The van der Waals surface area contributed by atoms with Crippen LogP contribution < -0.4 is 0 Å². The average Bonchev–Trinajstić information content (AvgIpc) is 2.71. The Hall–Kier alpha value is -0.370. The Bertz CT molecular complexity index is 206. The van der Waals surface area contributed by atoms with Crippen molar-refractivity contribution in [2.24, 2.45) is 11.3 Å². The summed E-state index contributed by atoms with van der Waals surface area (Å²) >= 11 is 0. The van der Waals surface area contributed by atoms with Crippen molar-refractivity contribution in [3.05, 3.63) is 0 Å². The molecule has 68 valence electrons. The first-order chi connectivity index (χ1) is 5.67. The van der Waals surface area contributed by atoms with Crippen LogP contribution in [-0.2, 0) is 9.53 Å². The van der Waals surface area contributed by atoms with Crippen molar-refractivity contribution in [1.82, 2.24) is 0 Å². The molecule has 2 rings (SSSR count). The Morgan fingerprint density at radius 3 is 2.50 bits per heavy atom. The fourth-order valence-electron chi connectivity index (χ4n) is 2.58. The van der Waals surface area contributed by atoms with Crippen LogP contribution in [-0.4, -0.2) is 18.5 Å². The molecule has 0 aromatic rings. The van der Waals surface area contributed by atoms with Crippen LogP contribution in [0.2, 0.25) is 0 Å². The highest BCUT2D eigenvalue weighted by atomic mass is 16.5. The predicted molar refractivity (Wildman–Crippen MR) is 45.9 cm³/mol. The molecule has 2 heteroatoms. The molecule has 12 heavy (non-hydrogen) atoms. The molecule has 0 amide bonds. The first-order valence-electron chi connectivity index (χ1n) is 4.79. The quantitative estimate of drug-likeness (QED) is 0.628. The maximum atomic E-state index is 11.4. The molecule has 0 aromatic carbocycles. The number of carbonyl (C=O) groups is 1. The first kappa shape index (κ1) is 8.24. The molecule has 1 aliphatic carbocycles. The second kappa shape index (κ2) is 2.56. The lowest BCUT2D eigenvalue weighted by Gasteiger charge is -2.22. The minimum atomic E-state index is 0.0376. The molecule has 2 atom stereocenters. The van der Waals surface area contributed by atoms with E-state index in [0.29, 0.717) is 17.8 Å². The maximum absolute atomic E-state index is 11.4. The van der Waals surface area contributed by atoms with Gasteiger partial charge < -0.3 is 4.74 Å². The van der Waals surface area contributed by atoms with Crippen LogP contribution in [0.4, 0.5) is 0 Å². The highest BCUT2D eigenvalue weighted by Crippen LogP contribution is 2.56. The second-order valence-electron chi connectivity index (χ2n) is 4.18. The number of rotatable bonds is 2. The second-order valence-corrected chi connectivity index (χ2v) is 4.18. The molecule has 1 heterocycles. The Labute approximate surface area is 73.3 Å². The SMILES string of the molecule is CC(=O)C1(C2CCOC2C)CC1. The van der Waals surface area contributed by atoms with E-state index in [2.05, 4.69) is 6.92 Å². The van der Waals surface area contributed by atoms with Crippen molar-refractivity contribution in [2.45, 2.75) is 39.2 Å². The van der Waals surface area contributed by atoms with Gasteiger partial charge in [0.1, 0.15) is 5.78 Å². The van der Waals surface area contributed by atoms with Crippen molar-refractivity contribution in [3.63, 3.8) is 0 Å². The van der Waals surface area contributed by atoms with Crippen molar-refractivity contribution in [1.29, 1.82) is 0 Å². The molecule has 2 nitrogen and oxygen atoms in total. The van der Waals surface area contributed by atoms with Gasteiger partial charge in [0.05, 0.1) is 6.10 Å². The van der Waals surface area contributed by atoms with Crippen LogP contribution in [0.15, 0.2) is 0 Å². The van der Waals surface area contributed by atoms with Gasteiger partial charge in [0.2, 0.25) is 0 Å². The predicted octanol–water partition coefficient (Wildman–Crippen LogP) is 1.78. The fourth-order valence-corrected chi connectivity index (χ4v) is 2.58. The number of ether oxygens (including phenoxy) is 1. The molecule has 2 fully saturated rings. The summed E-state index contributed by atoms with van der Waals surface area (Å²) in [6.45, 7) is 4.68. The van der Waals surface area contributed by atoms with Crippen molar-refractivity contribution >= 4 is 5.78 Å². The summed E-state index contributed by atoms with van der Waals surface area (Å²) in [6, 6.07) is 0. The van der Waals surface area contributed by atoms with Gasteiger partial charge in [-0.25, -0.2) is 0 Å². The molecule has 1 aliphatic heterocycles. The van der Waals surface area contributed by atoms with Crippen molar-refractivity contribution < 1.29 is 9.53 Å². The van der Waals surface area contributed by atoms with E-state index in [4.69, 9.17) is 4.74 Å². The Morgan fingerprint density at radius 1 is 1.50 bits per heavy atom. The summed E-state index contributed by atoms with van der Waals surface area (Å²) in [7, 11) is 0. The summed E-state index contributed by atoms with van der Waals surface area (Å²) in [5, 5.41) is 0. The van der Waals surface area contributed by atoms with E-state index in [-0.39, 0.29) is 5.41 Å². The third-order valence-electron chi connectivity index (χ3n) is 3.58. The van der Waals surface area contributed by atoms with Gasteiger partial charge in [0.15, 0.2) is 0 Å². The minimum Gasteiger partial charge on any atom is -0.378 e. The molecule has 0 spiro atoms. The number of carbonyl (C=O) groups excluding carboxylic acids is 1. The summed E-state index contributed by atoms with van der Waals surface area (Å²) in [6.07, 6.45) is 3.58. The van der Waals surface area contributed by atoms with E-state index in [1.165, 1.54) is 0 Å². The summed E-state index contributed by atoms with van der Waals surface area (Å²) in [5.41, 5.74) is 0.0376. The van der Waals surface area contributed by atoms with Crippen LogP contribution in [0.25, 0.3) is 0 Å². The van der Waals surface area contributed by atoms with Crippen LogP contribution in [0, 0.1) is 11.3 Å². The van der Waals surface area contributed by atoms with Gasteiger partial charge in [-0.1, -0.05) is 0 Å². The third-order valence-corrected chi connectivity index (χ3v) is 3.58. The van der Waals surface area contributed by atoms with Crippen LogP contribution >= 0.6 is 0 Å². The molecule has 0 bridgehead atoms. The van der Waals surface area contributed by atoms with Crippen LogP contribution in [0.1, 0.15) is 33.1 Å². The van der Waals surface area contributed by atoms with Crippen molar-refractivity contribution in [3.8, 4) is 0 Å². The average molecular weight is 168 g/mol. The van der Waals surface area contributed by atoms with E-state index >= 15 is 0 Å². The molecule has 0 radical (unpaired) electrons. The Balaban J connectivity index is 2.13. The van der Waals surface area contributed by atoms with Gasteiger partial charge in [-0.2, -0.15) is 0 Å². The van der Waals surface area contributed by atoms with Gasteiger partial charge in [-0.3, -0.25) is 4.79 Å². The largest absolute Gasteiger partial charge is 0.378 e.